The largest absolute Gasteiger partial charge is 0.494 e. The molecule has 1 aliphatic rings. The van der Waals surface area contributed by atoms with Crippen LogP contribution in [0.4, 0.5) is 17.6 Å². The first-order valence-electron chi connectivity index (χ1n) is 15.0. The average Bonchev–Trinajstić information content (AvgIpc) is 3.55. The molecule has 2 aromatic carbocycles. The highest BCUT2D eigenvalue weighted by Crippen LogP contribution is 2.34. The van der Waals surface area contributed by atoms with Crippen molar-refractivity contribution in [3.8, 4) is 28.9 Å². The Morgan fingerprint density at radius 3 is 2.60 bits per heavy atom. The van der Waals surface area contributed by atoms with E-state index in [9.17, 15) is 22.4 Å². The molecule has 0 N–H and O–H groups in total. The highest BCUT2D eigenvalue weighted by molar-refractivity contribution is 5.90. The van der Waals surface area contributed by atoms with Crippen LogP contribution >= 0.6 is 0 Å². The number of rotatable bonds is 12. The number of aromatic nitrogens is 5. The molecule has 3 aromatic heterocycles. The van der Waals surface area contributed by atoms with Gasteiger partial charge >= 0.3 is 12.1 Å². The number of halogens is 4. The molecule has 0 fully saturated rings. The first-order chi connectivity index (χ1) is 23.1. The Labute approximate surface area is 272 Å². The van der Waals surface area contributed by atoms with Crippen LogP contribution in [-0.4, -0.2) is 54.6 Å². The standard InChI is InChI=1S/C34H28F4N7O3/c1-22-18-27(47-17-3-13-43-14-12-26(20-39)42-43)11-9-23(22)6-7-24-8-10-25(35)19-28(24)30-4-2-5-31(41-30)45-32(34(36,37)38)29(21-40-45)33(46)48-44-15-16-44/h2,4-5,8-12,14-15,18-19,21H,3,6-7,13,16-17H2,1H3/q+1. The summed E-state index contributed by atoms with van der Waals surface area (Å²) in [5, 5.41) is 16.8. The number of carbonyl (C=O) groups excluding carboxylic acids is 1. The highest BCUT2D eigenvalue weighted by Gasteiger charge is 2.43. The van der Waals surface area contributed by atoms with Crippen LogP contribution in [0.2, 0.25) is 0 Å². The third-order valence-electron chi connectivity index (χ3n) is 7.62. The van der Waals surface area contributed by atoms with E-state index in [1.165, 1.54) is 30.5 Å². The summed E-state index contributed by atoms with van der Waals surface area (Å²) < 4.78 is 66.3. The van der Waals surface area contributed by atoms with Gasteiger partial charge in [-0.3, -0.25) is 4.68 Å². The van der Waals surface area contributed by atoms with Gasteiger partial charge in [-0.05, 0) is 83.7 Å². The number of hydrogen-bond donors (Lipinski definition) is 0. The van der Waals surface area contributed by atoms with Crippen LogP contribution in [0.3, 0.4) is 0 Å². The number of hydroxylamine groups is 1. The summed E-state index contributed by atoms with van der Waals surface area (Å²) in [6, 6.07) is 18.1. The van der Waals surface area contributed by atoms with Crippen molar-refractivity contribution in [2.75, 3.05) is 13.2 Å². The molecule has 0 saturated carbocycles. The van der Waals surface area contributed by atoms with Crippen LogP contribution < -0.4 is 4.74 Å². The van der Waals surface area contributed by atoms with Gasteiger partial charge in [-0.15, -0.1) is 0 Å². The molecule has 0 bridgehead atoms. The number of carbonyl (C=O) groups is 1. The van der Waals surface area contributed by atoms with Gasteiger partial charge in [0.05, 0.1) is 18.5 Å². The number of nitriles is 1. The lowest BCUT2D eigenvalue weighted by atomic mass is 9.95. The van der Waals surface area contributed by atoms with Crippen LogP contribution in [0.5, 0.6) is 5.75 Å². The molecule has 0 spiro atoms. The fourth-order valence-electron chi connectivity index (χ4n) is 5.17. The second kappa shape index (κ2) is 13.5. The van der Waals surface area contributed by atoms with E-state index in [4.69, 9.17) is 14.8 Å². The Hall–Kier alpha value is -5.84. The normalized spacial score (nSPS) is 12.4. The number of pyridine rings is 1. The lowest BCUT2D eigenvalue weighted by molar-refractivity contribution is -0.696. The lowest BCUT2D eigenvalue weighted by Crippen LogP contribution is -2.19. The fraction of sp³-hybridized carbons (Fsp3) is 0.235. The second-order valence-corrected chi connectivity index (χ2v) is 11.0. The monoisotopic (exact) mass is 658 g/mol. The third kappa shape index (κ3) is 7.41. The zero-order valence-corrected chi connectivity index (χ0v) is 25.6. The number of hydrogen-bond acceptors (Lipinski definition) is 7. The average molecular weight is 659 g/mol. The van der Waals surface area contributed by atoms with E-state index in [1.807, 2.05) is 31.2 Å². The van der Waals surface area contributed by atoms with E-state index in [-0.39, 0.29) is 11.5 Å². The number of ether oxygens (including phenoxy) is 1. The molecule has 4 heterocycles. The minimum atomic E-state index is -4.95. The highest BCUT2D eigenvalue weighted by atomic mass is 19.4. The van der Waals surface area contributed by atoms with Crippen LogP contribution in [0.1, 0.15) is 44.9 Å². The molecular weight excluding hydrogens is 630 g/mol. The lowest BCUT2D eigenvalue weighted by Gasteiger charge is -2.14. The van der Waals surface area contributed by atoms with Gasteiger partial charge in [0, 0.05) is 24.7 Å². The van der Waals surface area contributed by atoms with Crippen molar-refractivity contribution in [1.82, 2.24) is 24.5 Å². The molecule has 244 valence electrons. The Balaban J connectivity index is 1.17. The maximum Gasteiger partial charge on any atom is 0.434 e. The van der Waals surface area contributed by atoms with Crippen molar-refractivity contribution < 1.29 is 36.7 Å². The third-order valence-corrected chi connectivity index (χ3v) is 7.62. The molecule has 0 saturated heterocycles. The Kier molecular flexibility index (Phi) is 9.02. The number of alkyl halides is 3. The predicted molar refractivity (Wildman–Crippen MR) is 164 cm³/mol. The van der Waals surface area contributed by atoms with E-state index in [1.54, 1.807) is 29.1 Å². The van der Waals surface area contributed by atoms with Crippen LogP contribution in [0, 0.1) is 24.1 Å². The predicted octanol–water partition coefficient (Wildman–Crippen LogP) is 5.89. The zero-order valence-electron chi connectivity index (χ0n) is 25.6. The quantitative estimate of drug-likeness (QED) is 0.0712. The summed E-state index contributed by atoms with van der Waals surface area (Å²) in [5.74, 6) is -1.20. The zero-order chi connectivity index (χ0) is 33.8. The maximum absolute atomic E-state index is 14.5. The Morgan fingerprint density at radius 2 is 1.88 bits per heavy atom. The van der Waals surface area contributed by atoms with Gasteiger partial charge < -0.3 is 4.74 Å². The summed E-state index contributed by atoms with van der Waals surface area (Å²) in [7, 11) is 0. The van der Waals surface area contributed by atoms with Gasteiger partial charge in [-0.2, -0.15) is 33.5 Å². The Morgan fingerprint density at radius 1 is 1.08 bits per heavy atom. The number of aryl methyl sites for hydroxylation is 4. The van der Waals surface area contributed by atoms with Gasteiger partial charge in [0.1, 0.15) is 23.2 Å². The molecule has 6 rings (SSSR count). The second-order valence-electron chi connectivity index (χ2n) is 11.0. The van der Waals surface area contributed by atoms with Crippen molar-refractivity contribution in [2.45, 2.75) is 38.9 Å². The summed E-state index contributed by atoms with van der Waals surface area (Å²) in [5.41, 5.74) is 1.75. The van der Waals surface area contributed by atoms with E-state index < -0.39 is 29.2 Å². The summed E-state index contributed by atoms with van der Waals surface area (Å²) >= 11 is 0. The van der Waals surface area contributed by atoms with E-state index in [0.717, 1.165) is 33.4 Å². The van der Waals surface area contributed by atoms with Crippen molar-refractivity contribution in [2.24, 2.45) is 0 Å². The van der Waals surface area contributed by atoms with Gasteiger partial charge in [-0.25, -0.2) is 18.9 Å². The van der Waals surface area contributed by atoms with Crippen molar-refractivity contribution in [3.05, 3.63) is 113 Å². The summed E-state index contributed by atoms with van der Waals surface area (Å²) in [4.78, 5) is 21.7. The van der Waals surface area contributed by atoms with Gasteiger partial charge in [0.15, 0.2) is 17.2 Å². The smallest absolute Gasteiger partial charge is 0.434 e. The van der Waals surface area contributed by atoms with Gasteiger partial charge in [-0.1, -0.05) is 18.2 Å². The molecule has 0 aliphatic carbocycles. The van der Waals surface area contributed by atoms with E-state index in [0.29, 0.717) is 54.9 Å². The van der Waals surface area contributed by atoms with Crippen molar-refractivity contribution in [1.29, 1.82) is 5.26 Å². The Bertz CT molecular complexity index is 2060. The number of benzene rings is 2. The molecule has 0 atom stereocenters. The molecule has 0 unspecified atom stereocenters. The van der Waals surface area contributed by atoms with Gasteiger partial charge in [0.2, 0.25) is 0 Å². The fourth-order valence-corrected chi connectivity index (χ4v) is 5.17. The summed E-state index contributed by atoms with van der Waals surface area (Å²) in [6.07, 6.45) is 0.892. The van der Waals surface area contributed by atoms with Crippen LogP contribution in [0.25, 0.3) is 17.1 Å². The van der Waals surface area contributed by atoms with Crippen molar-refractivity contribution >= 4 is 12.2 Å². The molecule has 14 heteroatoms. The first-order valence-corrected chi connectivity index (χ1v) is 15.0. The van der Waals surface area contributed by atoms with Crippen LogP contribution in [0.15, 0.2) is 73.1 Å². The van der Waals surface area contributed by atoms with Crippen molar-refractivity contribution in [3.63, 3.8) is 0 Å². The topological polar surface area (TPSA) is 111 Å². The molecule has 5 aromatic rings. The molecule has 0 radical (unpaired) electrons. The summed E-state index contributed by atoms with van der Waals surface area (Å²) in [6.45, 7) is 3.38. The van der Waals surface area contributed by atoms with E-state index in [2.05, 4.69) is 15.2 Å². The minimum Gasteiger partial charge on any atom is -0.494 e. The minimum absolute atomic E-state index is 0.199. The van der Waals surface area contributed by atoms with Crippen LogP contribution in [-0.2, 0) is 30.4 Å². The van der Waals surface area contributed by atoms with Gasteiger partial charge in [0.25, 0.3) is 12.8 Å². The molecular formula is C34H28F4N7O3+. The molecule has 0 amide bonds. The molecule has 10 nitrogen and oxygen atoms in total. The molecule has 48 heavy (non-hydrogen) atoms. The first kappa shape index (κ1) is 32.1. The maximum atomic E-state index is 14.5. The number of nitrogens with zero attached hydrogens (tertiary/aromatic N) is 7. The molecule has 1 aliphatic heterocycles. The van der Waals surface area contributed by atoms with E-state index >= 15 is 0 Å². The SMILES string of the molecule is Cc1cc(OCCCn2ccc(C#N)n2)ccc1CCc1ccc(F)cc1-c1cccc(-n2ncc(C(=O)O[N+]3=CC3)c2C(F)(F)F)n1.